The molecule has 0 unspecified atom stereocenters. The van der Waals surface area contributed by atoms with Crippen LogP contribution in [0.5, 0.6) is 5.75 Å². The number of nitrogens with zero attached hydrogens (tertiary/aromatic N) is 1. The summed E-state index contributed by atoms with van der Waals surface area (Å²) in [5, 5.41) is 26.1. The fraction of sp³-hybridized carbons (Fsp3) is 0.0714. The molecule has 0 atom stereocenters. The number of amidine groups is 1. The number of phenols is 1. The van der Waals surface area contributed by atoms with E-state index in [0.717, 1.165) is 11.9 Å². The first kappa shape index (κ1) is 26.4. The third-order valence-electron chi connectivity index (χ3n) is 5.50. The molecule has 0 bridgehead atoms. The second-order valence-electron chi connectivity index (χ2n) is 8.14. The lowest BCUT2D eigenvalue weighted by atomic mass is 9.96. The van der Waals surface area contributed by atoms with Crippen LogP contribution >= 0.6 is 11.9 Å². The van der Waals surface area contributed by atoms with Crippen molar-refractivity contribution in [2.24, 2.45) is 10.1 Å². The highest BCUT2D eigenvalue weighted by Gasteiger charge is 2.27. The smallest absolute Gasteiger partial charge is 0.340 e. The fourth-order valence-electron chi connectivity index (χ4n) is 3.72. The monoisotopic (exact) mass is 528 g/mol. The van der Waals surface area contributed by atoms with Crippen molar-refractivity contribution in [3.8, 4) is 5.75 Å². The first-order chi connectivity index (χ1) is 18.4. The topological polar surface area (TPSA) is 154 Å². The molecule has 38 heavy (non-hydrogen) atoms. The van der Waals surface area contributed by atoms with Crippen LogP contribution in [0, 0.1) is 0 Å². The van der Waals surface area contributed by atoms with Crippen molar-refractivity contribution in [3.05, 3.63) is 107 Å². The SMILES string of the molecule is NCCC(=O)Nc1cccc(C2=C(C(=O)O)C(NC(=O)c3ccccc3)=NSC(c3ccccc3O)=C2)c1. The van der Waals surface area contributed by atoms with Crippen LogP contribution in [0.1, 0.15) is 27.9 Å². The molecule has 1 aliphatic heterocycles. The Hall–Kier alpha value is -4.67. The summed E-state index contributed by atoms with van der Waals surface area (Å²) in [5.74, 6) is -2.31. The Bertz CT molecular complexity index is 1480. The molecular weight excluding hydrogens is 504 g/mol. The minimum atomic E-state index is -1.32. The van der Waals surface area contributed by atoms with Gasteiger partial charge in [-0.05, 0) is 42.0 Å². The van der Waals surface area contributed by atoms with Crippen molar-refractivity contribution < 1.29 is 24.6 Å². The van der Waals surface area contributed by atoms with Gasteiger partial charge in [0.05, 0.1) is 0 Å². The number of allylic oxidation sites excluding steroid dienone is 2. The summed E-state index contributed by atoms with van der Waals surface area (Å²) in [4.78, 5) is 38.1. The zero-order valence-electron chi connectivity index (χ0n) is 20.0. The molecule has 3 aromatic carbocycles. The number of aromatic hydroxyl groups is 1. The van der Waals surface area contributed by atoms with Crippen molar-refractivity contribution in [2.45, 2.75) is 6.42 Å². The molecular formula is C28H24N4O5S. The van der Waals surface area contributed by atoms with Crippen LogP contribution in [-0.4, -0.2) is 40.4 Å². The average molecular weight is 529 g/mol. The Morgan fingerprint density at radius 2 is 1.66 bits per heavy atom. The zero-order valence-corrected chi connectivity index (χ0v) is 20.9. The van der Waals surface area contributed by atoms with Gasteiger partial charge in [0.15, 0.2) is 5.84 Å². The van der Waals surface area contributed by atoms with Crippen LogP contribution in [0.15, 0.2) is 94.9 Å². The van der Waals surface area contributed by atoms with Gasteiger partial charge in [-0.1, -0.05) is 48.5 Å². The van der Waals surface area contributed by atoms with Gasteiger partial charge in [0, 0.05) is 52.2 Å². The maximum Gasteiger partial charge on any atom is 0.340 e. The third kappa shape index (κ3) is 6.17. The molecule has 0 radical (unpaired) electrons. The third-order valence-corrected chi connectivity index (χ3v) is 6.31. The van der Waals surface area contributed by atoms with Gasteiger partial charge in [-0.25, -0.2) is 4.79 Å². The Labute approximate surface area is 222 Å². The number of carbonyl (C=O) groups is 3. The van der Waals surface area contributed by atoms with E-state index >= 15 is 0 Å². The number of para-hydroxylation sites is 1. The molecule has 0 aliphatic carbocycles. The molecule has 10 heteroatoms. The van der Waals surface area contributed by atoms with Gasteiger partial charge in [0.1, 0.15) is 11.3 Å². The predicted octanol–water partition coefficient (Wildman–Crippen LogP) is 4.05. The summed E-state index contributed by atoms with van der Waals surface area (Å²) in [6.45, 7) is 0.185. The summed E-state index contributed by atoms with van der Waals surface area (Å²) in [7, 11) is 0. The summed E-state index contributed by atoms with van der Waals surface area (Å²) >= 11 is 0.923. The molecule has 0 saturated carbocycles. The average Bonchev–Trinajstić information content (AvgIpc) is 3.09. The largest absolute Gasteiger partial charge is 0.507 e. The number of aliphatic carboxylic acids is 1. The number of carboxylic acids is 1. The van der Waals surface area contributed by atoms with Crippen molar-refractivity contribution in [1.82, 2.24) is 5.32 Å². The minimum Gasteiger partial charge on any atom is -0.507 e. The number of anilines is 1. The van der Waals surface area contributed by atoms with Crippen LogP contribution in [0.3, 0.4) is 0 Å². The van der Waals surface area contributed by atoms with E-state index in [1.54, 1.807) is 78.9 Å². The second-order valence-corrected chi connectivity index (χ2v) is 8.94. The maximum absolute atomic E-state index is 12.9. The van der Waals surface area contributed by atoms with Gasteiger partial charge < -0.3 is 26.6 Å². The number of benzene rings is 3. The van der Waals surface area contributed by atoms with Crippen LogP contribution in [-0.2, 0) is 9.59 Å². The van der Waals surface area contributed by atoms with E-state index in [-0.39, 0.29) is 41.6 Å². The Kier molecular flexibility index (Phi) is 8.37. The summed E-state index contributed by atoms with van der Waals surface area (Å²) in [6.07, 6.45) is 1.72. The molecule has 3 aromatic rings. The Morgan fingerprint density at radius 3 is 2.37 bits per heavy atom. The van der Waals surface area contributed by atoms with E-state index in [1.807, 2.05) is 0 Å². The first-order valence-corrected chi connectivity index (χ1v) is 12.3. The number of amides is 2. The fourth-order valence-corrected chi connectivity index (χ4v) is 4.49. The number of carbonyl (C=O) groups excluding carboxylic acids is 2. The predicted molar refractivity (Wildman–Crippen MR) is 148 cm³/mol. The molecule has 0 spiro atoms. The van der Waals surface area contributed by atoms with E-state index in [9.17, 15) is 24.6 Å². The maximum atomic E-state index is 12.9. The zero-order chi connectivity index (χ0) is 27.1. The molecule has 2 amide bonds. The molecule has 6 N–H and O–H groups in total. The molecule has 0 fully saturated rings. The lowest BCUT2D eigenvalue weighted by Gasteiger charge is -2.13. The van der Waals surface area contributed by atoms with Gasteiger partial charge in [-0.3, -0.25) is 9.59 Å². The highest BCUT2D eigenvalue weighted by molar-refractivity contribution is 8.07. The number of rotatable bonds is 7. The van der Waals surface area contributed by atoms with Gasteiger partial charge in [0.25, 0.3) is 5.91 Å². The molecule has 0 aromatic heterocycles. The van der Waals surface area contributed by atoms with E-state index < -0.39 is 11.9 Å². The molecule has 1 aliphatic rings. The highest BCUT2D eigenvalue weighted by Crippen LogP contribution is 2.40. The van der Waals surface area contributed by atoms with E-state index in [1.165, 1.54) is 6.07 Å². The normalized spacial score (nSPS) is 13.2. The molecule has 0 saturated heterocycles. The van der Waals surface area contributed by atoms with Gasteiger partial charge in [-0.15, -0.1) is 0 Å². The first-order valence-electron chi connectivity index (χ1n) is 11.6. The van der Waals surface area contributed by atoms with Crippen LogP contribution in [0.4, 0.5) is 5.69 Å². The Morgan fingerprint density at radius 1 is 0.921 bits per heavy atom. The molecule has 1 heterocycles. The molecule has 192 valence electrons. The van der Waals surface area contributed by atoms with Crippen LogP contribution in [0.2, 0.25) is 0 Å². The highest BCUT2D eigenvalue weighted by atomic mass is 32.2. The number of phenolic OH excluding ortho intramolecular Hbond substituents is 1. The van der Waals surface area contributed by atoms with Crippen molar-refractivity contribution in [2.75, 3.05) is 11.9 Å². The van der Waals surface area contributed by atoms with Crippen LogP contribution < -0.4 is 16.4 Å². The number of carboxylic acid groups (broad SMARTS) is 1. The van der Waals surface area contributed by atoms with Crippen LogP contribution in [0.25, 0.3) is 10.5 Å². The number of nitrogens with one attached hydrogen (secondary N) is 2. The summed E-state index contributed by atoms with van der Waals surface area (Å²) < 4.78 is 4.36. The Balaban J connectivity index is 1.86. The van der Waals surface area contributed by atoms with Crippen molar-refractivity contribution in [3.63, 3.8) is 0 Å². The van der Waals surface area contributed by atoms with E-state index in [2.05, 4.69) is 15.0 Å². The standard InChI is InChI=1S/C28H24N4O5S/c29-14-13-24(34)30-19-10-6-9-18(15-19)21-16-23(20-11-4-5-12-22(20)33)38-32-26(25(21)28(36)37)31-27(35)17-7-2-1-3-8-17/h1-12,15-16,33H,13-14,29H2,(H,30,34)(H,36,37)(H,31,32,35). The number of hydrogen-bond acceptors (Lipinski definition) is 7. The quantitative estimate of drug-likeness (QED) is 0.290. The lowest BCUT2D eigenvalue weighted by Crippen LogP contribution is -2.34. The number of nitrogens with two attached hydrogens (primary N) is 1. The van der Waals surface area contributed by atoms with Gasteiger partial charge in [0.2, 0.25) is 5.91 Å². The lowest BCUT2D eigenvalue weighted by molar-refractivity contribution is -0.132. The van der Waals surface area contributed by atoms with E-state index in [4.69, 9.17) is 5.73 Å². The molecule has 4 rings (SSSR count). The van der Waals surface area contributed by atoms with Crippen molar-refractivity contribution >= 4 is 51.7 Å². The summed E-state index contributed by atoms with van der Waals surface area (Å²) in [5.41, 5.74) is 7.10. The van der Waals surface area contributed by atoms with Gasteiger partial charge >= 0.3 is 5.97 Å². The second kappa shape index (κ2) is 12.0. The van der Waals surface area contributed by atoms with E-state index in [0.29, 0.717) is 27.3 Å². The minimum absolute atomic E-state index is 0.0164. The van der Waals surface area contributed by atoms with Gasteiger partial charge in [-0.2, -0.15) is 4.40 Å². The summed E-state index contributed by atoms with van der Waals surface area (Å²) in [6, 6.07) is 21.6. The molecule has 9 nitrogen and oxygen atoms in total. The number of hydrogen-bond donors (Lipinski definition) is 5. The van der Waals surface area contributed by atoms with Crippen molar-refractivity contribution in [1.29, 1.82) is 0 Å².